The van der Waals surface area contributed by atoms with Crippen LogP contribution in [0.4, 0.5) is 9.52 Å². The lowest BCUT2D eigenvalue weighted by molar-refractivity contribution is -0.119. The lowest BCUT2D eigenvalue weighted by atomic mass is 9.98. The zero-order valence-corrected chi connectivity index (χ0v) is 18.8. The maximum Gasteiger partial charge on any atom is 0.254 e. The second-order valence-electron chi connectivity index (χ2n) is 6.73. The molecule has 0 aliphatic carbocycles. The first-order chi connectivity index (χ1) is 14.4. The molecule has 2 aromatic carbocycles. The van der Waals surface area contributed by atoms with Crippen molar-refractivity contribution in [1.82, 2.24) is 15.5 Å². The number of hydrogen-bond acceptors (Lipinski definition) is 5. The molecule has 0 aliphatic heterocycles. The van der Waals surface area contributed by atoms with E-state index in [9.17, 15) is 14.0 Å². The van der Waals surface area contributed by atoms with Gasteiger partial charge in [0.15, 0.2) is 0 Å². The number of anilines is 1. The fraction of sp³-hybridized carbons (Fsp3) is 0.238. The fourth-order valence-electron chi connectivity index (χ4n) is 2.73. The van der Waals surface area contributed by atoms with E-state index < -0.39 is 23.7 Å². The average Bonchev–Trinajstić information content (AvgIpc) is 3.20. The predicted octanol–water partition coefficient (Wildman–Crippen LogP) is 4.89. The molecule has 6 nitrogen and oxygen atoms in total. The number of aromatic nitrogens is 2. The van der Waals surface area contributed by atoms with Gasteiger partial charge in [0.05, 0.1) is 5.56 Å². The number of rotatable bonds is 7. The van der Waals surface area contributed by atoms with Crippen LogP contribution in [0.2, 0.25) is 0 Å². The summed E-state index contributed by atoms with van der Waals surface area (Å²) in [7, 11) is 0. The molecule has 2 atom stereocenters. The first-order valence-electron chi connectivity index (χ1n) is 9.34. The number of hydrogen-bond donors (Lipinski definition) is 2. The Morgan fingerprint density at radius 1 is 1.13 bits per heavy atom. The maximum absolute atomic E-state index is 13.9. The summed E-state index contributed by atoms with van der Waals surface area (Å²) >= 11 is 4.62. The van der Waals surface area contributed by atoms with Crippen LogP contribution in [0.15, 0.2) is 53.0 Å². The Morgan fingerprint density at radius 3 is 2.50 bits per heavy atom. The number of carbonyl (C=O) groups is 2. The number of nitrogens with one attached hydrogen (secondary N) is 2. The molecule has 1 heterocycles. The Bertz CT molecular complexity index is 1040. The Balaban J connectivity index is 1.74. The minimum Gasteiger partial charge on any atom is -0.340 e. The molecule has 3 aromatic rings. The van der Waals surface area contributed by atoms with E-state index in [1.165, 1.54) is 29.5 Å². The van der Waals surface area contributed by atoms with Crippen molar-refractivity contribution in [1.29, 1.82) is 0 Å². The molecule has 156 valence electrons. The van der Waals surface area contributed by atoms with Gasteiger partial charge in [0.25, 0.3) is 5.91 Å². The van der Waals surface area contributed by atoms with Crippen molar-refractivity contribution in [2.24, 2.45) is 5.92 Å². The predicted molar refractivity (Wildman–Crippen MR) is 119 cm³/mol. The van der Waals surface area contributed by atoms with Gasteiger partial charge in [-0.3, -0.25) is 14.9 Å². The van der Waals surface area contributed by atoms with E-state index in [4.69, 9.17) is 0 Å². The van der Waals surface area contributed by atoms with Gasteiger partial charge in [-0.25, -0.2) is 4.39 Å². The zero-order valence-electron chi connectivity index (χ0n) is 16.4. The van der Waals surface area contributed by atoms with Gasteiger partial charge in [-0.1, -0.05) is 71.8 Å². The van der Waals surface area contributed by atoms with Crippen molar-refractivity contribution in [2.75, 3.05) is 5.32 Å². The van der Waals surface area contributed by atoms with E-state index in [1.807, 2.05) is 38.1 Å². The molecular weight excluding hydrogens is 471 g/mol. The van der Waals surface area contributed by atoms with E-state index in [0.717, 1.165) is 10.0 Å². The van der Waals surface area contributed by atoms with Gasteiger partial charge < -0.3 is 5.32 Å². The van der Waals surface area contributed by atoms with Crippen molar-refractivity contribution < 1.29 is 14.0 Å². The quantitative estimate of drug-likeness (QED) is 0.493. The topological polar surface area (TPSA) is 84.0 Å². The van der Waals surface area contributed by atoms with Gasteiger partial charge in [-0.2, -0.15) is 0 Å². The number of nitrogens with zero attached hydrogens (tertiary/aromatic N) is 2. The molecule has 0 saturated carbocycles. The van der Waals surface area contributed by atoms with Gasteiger partial charge in [-0.05, 0) is 30.2 Å². The van der Waals surface area contributed by atoms with Crippen LogP contribution in [-0.2, 0) is 4.79 Å². The highest BCUT2D eigenvalue weighted by Gasteiger charge is 2.28. The molecule has 0 spiro atoms. The van der Waals surface area contributed by atoms with Crippen LogP contribution >= 0.6 is 27.3 Å². The second-order valence-corrected chi connectivity index (χ2v) is 8.62. The van der Waals surface area contributed by atoms with Gasteiger partial charge in [0.2, 0.25) is 11.0 Å². The fourth-order valence-corrected chi connectivity index (χ4v) is 3.75. The summed E-state index contributed by atoms with van der Waals surface area (Å²) in [4.78, 5) is 25.4. The van der Waals surface area contributed by atoms with Crippen LogP contribution in [0.25, 0.3) is 10.6 Å². The molecule has 0 bridgehead atoms. The lowest BCUT2D eigenvalue weighted by Crippen LogP contribution is -2.47. The Labute approximate surface area is 186 Å². The molecular formula is C21H20BrFN4O2S. The largest absolute Gasteiger partial charge is 0.340 e. The van der Waals surface area contributed by atoms with Crippen LogP contribution in [0.1, 0.15) is 30.6 Å². The van der Waals surface area contributed by atoms with Crippen LogP contribution < -0.4 is 10.6 Å². The number of carbonyl (C=O) groups excluding carboxylic acids is 2. The SMILES string of the molecule is CCC(C)C(NC(=O)c1ccccc1F)C(=O)Nc1nnc(-c2ccc(Br)cc2)s1. The first-order valence-corrected chi connectivity index (χ1v) is 11.0. The Hall–Kier alpha value is -2.65. The number of benzene rings is 2. The molecule has 0 radical (unpaired) electrons. The highest BCUT2D eigenvalue weighted by molar-refractivity contribution is 9.10. The third kappa shape index (κ3) is 5.28. The van der Waals surface area contributed by atoms with Crippen LogP contribution in [-0.4, -0.2) is 28.1 Å². The van der Waals surface area contributed by atoms with Crippen LogP contribution in [0, 0.1) is 11.7 Å². The third-order valence-corrected chi connectivity index (χ3v) is 6.06. The average molecular weight is 491 g/mol. The Morgan fingerprint density at radius 2 is 1.83 bits per heavy atom. The highest BCUT2D eigenvalue weighted by Crippen LogP contribution is 2.27. The number of halogens is 2. The van der Waals surface area contributed by atoms with Crippen molar-refractivity contribution in [3.8, 4) is 10.6 Å². The lowest BCUT2D eigenvalue weighted by Gasteiger charge is -2.23. The Kier molecular flexibility index (Phi) is 7.28. The van der Waals surface area contributed by atoms with E-state index in [1.54, 1.807) is 6.07 Å². The van der Waals surface area contributed by atoms with Crippen molar-refractivity contribution in [3.05, 3.63) is 64.4 Å². The summed E-state index contributed by atoms with van der Waals surface area (Å²) in [5.74, 6) is -1.87. The smallest absolute Gasteiger partial charge is 0.254 e. The van der Waals surface area contributed by atoms with Crippen molar-refractivity contribution >= 4 is 44.2 Å². The minimum absolute atomic E-state index is 0.105. The highest BCUT2D eigenvalue weighted by atomic mass is 79.9. The molecule has 2 amide bonds. The molecule has 3 rings (SSSR count). The van der Waals surface area contributed by atoms with Gasteiger partial charge in [0.1, 0.15) is 16.9 Å². The summed E-state index contributed by atoms with van der Waals surface area (Å²) < 4.78 is 14.9. The molecule has 1 aromatic heterocycles. The summed E-state index contributed by atoms with van der Waals surface area (Å²) in [6.07, 6.45) is 0.649. The molecule has 30 heavy (non-hydrogen) atoms. The van der Waals surface area contributed by atoms with Crippen molar-refractivity contribution in [3.63, 3.8) is 0 Å². The second kappa shape index (κ2) is 9.90. The summed E-state index contributed by atoms with van der Waals surface area (Å²) in [5, 5.41) is 14.5. The normalized spacial score (nSPS) is 12.8. The summed E-state index contributed by atoms with van der Waals surface area (Å²) in [5.41, 5.74) is 0.773. The van der Waals surface area contributed by atoms with Gasteiger partial charge in [-0.15, -0.1) is 10.2 Å². The molecule has 0 saturated heterocycles. The molecule has 2 unspecified atom stereocenters. The van der Waals surface area contributed by atoms with Crippen molar-refractivity contribution in [2.45, 2.75) is 26.3 Å². The van der Waals surface area contributed by atoms with Crippen LogP contribution in [0.5, 0.6) is 0 Å². The maximum atomic E-state index is 13.9. The molecule has 9 heteroatoms. The van der Waals surface area contributed by atoms with E-state index in [2.05, 4.69) is 36.8 Å². The molecule has 0 aliphatic rings. The van der Waals surface area contributed by atoms with E-state index >= 15 is 0 Å². The summed E-state index contributed by atoms with van der Waals surface area (Å²) in [6.45, 7) is 3.76. The standard InChI is InChI=1S/C21H20BrFN4O2S/c1-3-12(2)17(24-18(28)15-6-4-5-7-16(15)23)19(29)25-21-27-26-20(30-21)13-8-10-14(22)11-9-13/h4-12,17H,3H2,1-2H3,(H,24,28)(H,25,27,29). The molecule has 0 fully saturated rings. The first kappa shape index (κ1) is 22.0. The van der Waals surface area contributed by atoms with Crippen LogP contribution in [0.3, 0.4) is 0 Å². The molecule has 2 N–H and O–H groups in total. The van der Waals surface area contributed by atoms with Gasteiger partial charge in [0, 0.05) is 10.0 Å². The number of amides is 2. The third-order valence-electron chi connectivity index (χ3n) is 4.65. The van der Waals surface area contributed by atoms with Gasteiger partial charge >= 0.3 is 0 Å². The summed E-state index contributed by atoms with van der Waals surface area (Å²) in [6, 6.07) is 12.4. The van der Waals surface area contributed by atoms with E-state index in [0.29, 0.717) is 16.6 Å². The zero-order chi connectivity index (χ0) is 21.7. The minimum atomic E-state index is -0.845. The monoisotopic (exact) mass is 490 g/mol. The van der Waals surface area contributed by atoms with E-state index in [-0.39, 0.29) is 11.5 Å².